The summed E-state index contributed by atoms with van der Waals surface area (Å²) in [5, 5.41) is 5.26. The highest BCUT2D eigenvalue weighted by Crippen LogP contribution is 2.33. The van der Waals surface area contributed by atoms with Crippen LogP contribution in [0.5, 0.6) is 5.75 Å². The SMILES string of the molecule is CC1(C(=O)Nc2ccc(Br)cn2)Oc2ccccc2NC1=O. The Morgan fingerprint density at radius 2 is 2.09 bits per heavy atom. The number of rotatable bonds is 2. The minimum absolute atomic E-state index is 0.338. The summed E-state index contributed by atoms with van der Waals surface area (Å²) >= 11 is 3.26. The highest BCUT2D eigenvalue weighted by molar-refractivity contribution is 9.10. The summed E-state index contributed by atoms with van der Waals surface area (Å²) in [6, 6.07) is 10.3. The second kappa shape index (κ2) is 5.42. The predicted octanol–water partition coefficient (Wildman–Crippen LogP) is 2.57. The zero-order valence-electron chi connectivity index (χ0n) is 11.6. The lowest BCUT2D eigenvalue weighted by atomic mass is 10.0. The van der Waals surface area contributed by atoms with Gasteiger partial charge in [0.15, 0.2) is 0 Å². The van der Waals surface area contributed by atoms with Gasteiger partial charge in [0.05, 0.1) is 5.69 Å². The fraction of sp³-hybridized carbons (Fsp3) is 0.133. The number of carbonyl (C=O) groups excluding carboxylic acids is 2. The van der Waals surface area contributed by atoms with Crippen molar-refractivity contribution in [3.8, 4) is 5.75 Å². The second-order valence-electron chi connectivity index (χ2n) is 4.90. The number of para-hydroxylation sites is 2. The minimum Gasteiger partial charge on any atom is -0.466 e. The van der Waals surface area contributed by atoms with Gasteiger partial charge >= 0.3 is 0 Å². The third-order valence-corrected chi connectivity index (χ3v) is 3.75. The van der Waals surface area contributed by atoms with Crippen molar-refractivity contribution in [2.45, 2.75) is 12.5 Å². The summed E-state index contributed by atoms with van der Waals surface area (Å²) in [6.07, 6.45) is 1.55. The molecule has 1 aromatic heterocycles. The molecule has 0 saturated heterocycles. The van der Waals surface area contributed by atoms with Gasteiger partial charge < -0.3 is 15.4 Å². The number of aromatic nitrogens is 1. The summed E-state index contributed by atoms with van der Waals surface area (Å²) in [6.45, 7) is 1.42. The Bertz CT molecular complexity index is 748. The molecule has 2 heterocycles. The van der Waals surface area contributed by atoms with Crippen LogP contribution in [0.1, 0.15) is 6.92 Å². The first-order chi connectivity index (χ1) is 10.5. The van der Waals surface area contributed by atoms with E-state index in [1.165, 1.54) is 6.92 Å². The van der Waals surface area contributed by atoms with Crippen LogP contribution in [0.25, 0.3) is 0 Å². The fourth-order valence-corrected chi connectivity index (χ4v) is 2.24. The van der Waals surface area contributed by atoms with Gasteiger partial charge in [-0.1, -0.05) is 12.1 Å². The maximum Gasteiger partial charge on any atom is 0.279 e. The average Bonchev–Trinajstić information content (AvgIpc) is 2.50. The van der Waals surface area contributed by atoms with E-state index in [1.54, 1.807) is 42.6 Å². The molecule has 22 heavy (non-hydrogen) atoms. The van der Waals surface area contributed by atoms with Crippen molar-refractivity contribution in [2.75, 3.05) is 10.6 Å². The average molecular weight is 362 g/mol. The zero-order valence-corrected chi connectivity index (χ0v) is 13.2. The van der Waals surface area contributed by atoms with Crippen LogP contribution in [0.15, 0.2) is 47.1 Å². The van der Waals surface area contributed by atoms with Crippen LogP contribution in [-0.4, -0.2) is 22.4 Å². The topological polar surface area (TPSA) is 80.3 Å². The minimum atomic E-state index is -1.66. The number of anilines is 2. The van der Waals surface area contributed by atoms with E-state index in [4.69, 9.17) is 4.74 Å². The molecular formula is C15H12BrN3O3. The maximum absolute atomic E-state index is 12.4. The molecule has 0 fully saturated rings. The van der Waals surface area contributed by atoms with E-state index in [1.807, 2.05) is 0 Å². The van der Waals surface area contributed by atoms with Crippen molar-refractivity contribution in [1.29, 1.82) is 0 Å². The van der Waals surface area contributed by atoms with Crippen LogP contribution >= 0.6 is 15.9 Å². The summed E-state index contributed by atoms with van der Waals surface area (Å²) in [4.78, 5) is 28.7. The first-order valence-electron chi connectivity index (χ1n) is 6.51. The molecule has 6 nitrogen and oxygen atoms in total. The monoisotopic (exact) mass is 361 g/mol. The third kappa shape index (κ3) is 2.55. The number of halogens is 1. The second-order valence-corrected chi connectivity index (χ2v) is 5.82. The zero-order chi connectivity index (χ0) is 15.7. The molecule has 7 heteroatoms. The molecule has 1 unspecified atom stereocenters. The standard InChI is InChI=1S/C15H12BrN3O3/c1-15(14(21)19-12-7-6-9(16)8-17-12)13(20)18-10-4-2-3-5-11(10)22-15/h2-8H,1H3,(H,18,20)(H,17,19,21). The first kappa shape index (κ1) is 14.5. The van der Waals surface area contributed by atoms with Gasteiger partial charge in [-0.25, -0.2) is 4.98 Å². The van der Waals surface area contributed by atoms with E-state index in [0.717, 1.165) is 4.47 Å². The van der Waals surface area contributed by atoms with E-state index < -0.39 is 17.4 Å². The molecule has 112 valence electrons. The summed E-state index contributed by atoms with van der Waals surface area (Å²) in [5.41, 5.74) is -1.12. The quantitative estimate of drug-likeness (QED) is 0.805. The highest BCUT2D eigenvalue weighted by atomic mass is 79.9. The molecule has 2 N–H and O–H groups in total. The molecule has 1 aliphatic heterocycles. The number of fused-ring (bicyclic) bond motifs is 1. The molecule has 1 aromatic carbocycles. The summed E-state index contributed by atoms with van der Waals surface area (Å²) < 4.78 is 6.42. The number of nitrogens with one attached hydrogen (secondary N) is 2. The van der Waals surface area contributed by atoms with E-state index in [-0.39, 0.29) is 0 Å². The van der Waals surface area contributed by atoms with Crippen molar-refractivity contribution in [3.63, 3.8) is 0 Å². The molecule has 0 aliphatic carbocycles. The Kier molecular flexibility index (Phi) is 3.58. The third-order valence-electron chi connectivity index (χ3n) is 3.28. The van der Waals surface area contributed by atoms with Crippen LogP contribution < -0.4 is 15.4 Å². The van der Waals surface area contributed by atoms with Gasteiger partial charge in [-0.05, 0) is 47.1 Å². The highest BCUT2D eigenvalue weighted by Gasteiger charge is 2.47. The van der Waals surface area contributed by atoms with Crippen LogP contribution in [0.4, 0.5) is 11.5 Å². The van der Waals surface area contributed by atoms with Gasteiger partial charge in [-0.3, -0.25) is 9.59 Å². The number of benzene rings is 1. The van der Waals surface area contributed by atoms with E-state index in [2.05, 4.69) is 31.5 Å². The number of carbonyl (C=O) groups is 2. The lowest BCUT2D eigenvalue weighted by Gasteiger charge is -2.33. The number of hydrogen-bond donors (Lipinski definition) is 2. The fourth-order valence-electron chi connectivity index (χ4n) is 2.00. The molecule has 1 aliphatic rings. The van der Waals surface area contributed by atoms with Crippen LogP contribution in [0, 0.1) is 0 Å². The summed E-state index contributed by atoms with van der Waals surface area (Å²) in [5.74, 6) is -0.330. The normalized spacial score (nSPS) is 19.6. The Morgan fingerprint density at radius 3 is 2.82 bits per heavy atom. The van der Waals surface area contributed by atoms with Gasteiger partial charge in [0, 0.05) is 10.7 Å². The number of amides is 2. The molecule has 1 atom stereocenters. The molecule has 0 saturated carbocycles. The molecule has 3 rings (SSSR count). The van der Waals surface area contributed by atoms with Gasteiger partial charge in [-0.2, -0.15) is 0 Å². The van der Waals surface area contributed by atoms with Crippen molar-refractivity contribution in [3.05, 3.63) is 47.1 Å². The Morgan fingerprint density at radius 1 is 1.32 bits per heavy atom. The Balaban J connectivity index is 1.85. The predicted molar refractivity (Wildman–Crippen MR) is 84.7 cm³/mol. The van der Waals surface area contributed by atoms with E-state index in [0.29, 0.717) is 17.3 Å². The Labute approximate surface area is 135 Å². The maximum atomic E-state index is 12.4. The molecular weight excluding hydrogens is 350 g/mol. The van der Waals surface area contributed by atoms with Gasteiger partial charge in [0.1, 0.15) is 11.6 Å². The van der Waals surface area contributed by atoms with Gasteiger partial charge in [-0.15, -0.1) is 0 Å². The molecule has 0 spiro atoms. The van der Waals surface area contributed by atoms with Crippen molar-refractivity contribution in [1.82, 2.24) is 4.98 Å². The van der Waals surface area contributed by atoms with Crippen LogP contribution in [0.2, 0.25) is 0 Å². The van der Waals surface area contributed by atoms with E-state index >= 15 is 0 Å². The Hall–Kier alpha value is -2.41. The number of hydrogen-bond acceptors (Lipinski definition) is 4. The molecule has 2 aromatic rings. The first-order valence-corrected chi connectivity index (χ1v) is 7.31. The molecule has 0 radical (unpaired) electrons. The van der Waals surface area contributed by atoms with Crippen LogP contribution in [-0.2, 0) is 9.59 Å². The number of pyridine rings is 1. The van der Waals surface area contributed by atoms with Crippen molar-refractivity contribution in [2.24, 2.45) is 0 Å². The smallest absolute Gasteiger partial charge is 0.279 e. The largest absolute Gasteiger partial charge is 0.466 e. The molecule has 0 bridgehead atoms. The lowest BCUT2D eigenvalue weighted by molar-refractivity contribution is -0.143. The van der Waals surface area contributed by atoms with Crippen molar-refractivity contribution >= 4 is 39.2 Å². The summed E-state index contributed by atoms with van der Waals surface area (Å²) in [7, 11) is 0. The van der Waals surface area contributed by atoms with Crippen molar-refractivity contribution < 1.29 is 14.3 Å². The molecule has 2 amide bonds. The number of ether oxygens (including phenoxy) is 1. The van der Waals surface area contributed by atoms with Gasteiger partial charge in [0.2, 0.25) is 0 Å². The number of nitrogens with zero attached hydrogens (tertiary/aromatic N) is 1. The lowest BCUT2D eigenvalue weighted by Crippen LogP contribution is -2.56. The van der Waals surface area contributed by atoms with E-state index in [9.17, 15) is 9.59 Å². The van der Waals surface area contributed by atoms with Crippen LogP contribution in [0.3, 0.4) is 0 Å². The van der Waals surface area contributed by atoms with Gasteiger partial charge in [0.25, 0.3) is 17.4 Å².